The molecule has 0 atom stereocenters. The number of carbonyl (C=O) groups excluding carboxylic acids is 3. The number of nitrogens with zero attached hydrogens (tertiary/aromatic N) is 2. The SMILES string of the molecule is C=CCNC(=O)NC(=O)CN1CCCN(C(C)=O)CC1. The highest BCUT2D eigenvalue weighted by atomic mass is 16.2. The topological polar surface area (TPSA) is 81.8 Å². The molecule has 20 heavy (non-hydrogen) atoms. The Labute approximate surface area is 119 Å². The Hall–Kier alpha value is -1.89. The molecule has 1 rings (SSSR count). The Morgan fingerprint density at radius 1 is 1.20 bits per heavy atom. The van der Waals surface area contributed by atoms with Crippen LogP contribution in [-0.2, 0) is 9.59 Å². The van der Waals surface area contributed by atoms with Crippen molar-refractivity contribution < 1.29 is 14.4 Å². The minimum Gasteiger partial charge on any atom is -0.342 e. The molecule has 0 aromatic carbocycles. The summed E-state index contributed by atoms with van der Waals surface area (Å²) >= 11 is 0. The number of imide groups is 1. The van der Waals surface area contributed by atoms with Crippen LogP contribution in [-0.4, -0.2) is 66.9 Å². The van der Waals surface area contributed by atoms with E-state index in [-0.39, 0.29) is 18.4 Å². The van der Waals surface area contributed by atoms with Crippen LogP contribution in [0.5, 0.6) is 0 Å². The second-order valence-corrected chi connectivity index (χ2v) is 4.68. The third-order valence-corrected chi connectivity index (χ3v) is 3.06. The molecule has 1 aliphatic rings. The number of urea groups is 1. The normalized spacial score (nSPS) is 16.1. The van der Waals surface area contributed by atoms with Gasteiger partial charge in [-0.3, -0.25) is 19.8 Å². The molecule has 1 saturated heterocycles. The van der Waals surface area contributed by atoms with Crippen LogP contribution in [0.3, 0.4) is 0 Å². The van der Waals surface area contributed by atoms with Crippen LogP contribution in [0.4, 0.5) is 4.79 Å². The van der Waals surface area contributed by atoms with Gasteiger partial charge in [0.1, 0.15) is 0 Å². The summed E-state index contributed by atoms with van der Waals surface area (Å²) in [5.74, 6) is -0.289. The molecule has 1 aliphatic heterocycles. The van der Waals surface area contributed by atoms with Crippen LogP contribution >= 0.6 is 0 Å². The van der Waals surface area contributed by atoms with Crippen molar-refractivity contribution >= 4 is 17.8 Å². The van der Waals surface area contributed by atoms with Crippen molar-refractivity contribution in [2.45, 2.75) is 13.3 Å². The summed E-state index contributed by atoms with van der Waals surface area (Å²) in [6.45, 7) is 8.21. The molecule has 0 aliphatic carbocycles. The first kappa shape index (κ1) is 16.2. The number of hydrogen-bond acceptors (Lipinski definition) is 4. The van der Waals surface area contributed by atoms with Gasteiger partial charge in [0, 0.05) is 39.6 Å². The highest BCUT2D eigenvalue weighted by molar-refractivity contribution is 5.95. The maximum Gasteiger partial charge on any atom is 0.321 e. The first-order chi connectivity index (χ1) is 9.52. The minimum absolute atomic E-state index is 0.0557. The van der Waals surface area contributed by atoms with E-state index in [9.17, 15) is 14.4 Å². The summed E-state index contributed by atoms with van der Waals surface area (Å²) in [4.78, 5) is 38.0. The van der Waals surface area contributed by atoms with Crippen LogP contribution in [0.1, 0.15) is 13.3 Å². The maximum atomic E-state index is 11.7. The van der Waals surface area contributed by atoms with E-state index in [2.05, 4.69) is 17.2 Å². The van der Waals surface area contributed by atoms with Crippen LogP contribution in [0.2, 0.25) is 0 Å². The first-order valence-electron chi connectivity index (χ1n) is 6.69. The van der Waals surface area contributed by atoms with Crippen molar-refractivity contribution in [3.63, 3.8) is 0 Å². The summed E-state index contributed by atoms with van der Waals surface area (Å²) in [5, 5.41) is 4.73. The van der Waals surface area contributed by atoms with Gasteiger partial charge in [-0.2, -0.15) is 0 Å². The van der Waals surface area contributed by atoms with Gasteiger partial charge < -0.3 is 10.2 Å². The Bertz CT molecular complexity index is 384. The molecule has 0 spiro atoms. The van der Waals surface area contributed by atoms with Gasteiger partial charge in [0.2, 0.25) is 11.8 Å². The fraction of sp³-hybridized carbons (Fsp3) is 0.615. The molecule has 0 bridgehead atoms. The molecule has 1 heterocycles. The van der Waals surface area contributed by atoms with Crippen molar-refractivity contribution in [2.75, 3.05) is 39.3 Å². The molecule has 7 heteroatoms. The largest absolute Gasteiger partial charge is 0.342 e. The van der Waals surface area contributed by atoms with Gasteiger partial charge in [-0.1, -0.05) is 6.08 Å². The molecule has 2 N–H and O–H groups in total. The molecule has 0 radical (unpaired) electrons. The number of nitrogens with one attached hydrogen (secondary N) is 2. The van der Waals surface area contributed by atoms with Gasteiger partial charge in [0.05, 0.1) is 6.54 Å². The van der Waals surface area contributed by atoms with Gasteiger partial charge in [-0.15, -0.1) is 6.58 Å². The Morgan fingerprint density at radius 2 is 1.95 bits per heavy atom. The van der Waals surface area contributed by atoms with Gasteiger partial charge in [0.15, 0.2) is 0 Å². The Balaban J connectivity index is 2.33. The van der Waals surface area contributed by atoms with Crippen LogP contribution in [0.15, 0.2) is 12.7 Å². The van der Waals surface area contributed by atoms with E-state index in [1.165, 1.54) is 6.08 Å². The summed E-state index contributed by atoms with van der Waals surface area (Å²) in [6.07, 6.45) is 2.37. The second-order valence-electron chi connectivity index (χ2n) is 4.68. The summed E-state index contributed by atoms with van der Waals surface area (Å²) in [6, 6.07) is -0.518. The zero-order valence-corrected chi connectivity index (χ0v) is 11.9. The summed E-state index contributed by atoms with van der Waals surface area (Å²) < 4.78 is 0. The zero-order chi connectivity index (χ0) is 15.0. The van der Waals surface area contributed by atoms with Crippen molar-refractivity contribution in [3.8, 4) is 0 Å². The van der Waals surface area contributed by atoms with Crippen molar-refractivity contribution in [1.82, 2.24) is 20.4 Å². The van der Waals surface area contributed by atoms with E-state index in [1.807, 2.05) is 4.90 Å². The standard InChI is InChI=1S/C13H22N4O3/c1-3-5-14-13(20)15-12(19)10-16-6-4-7-17(9-8-16)11(2)18/h3H,1,4-10H2,2H3,(H2,14,15,19,20). The van der Waals surface area contributed by atoms with Crippen LogP contribution in [0, 0.1) is 0 Å². The van der Waals surface area contributed by atoms with Gasteiger partial charge in [-0.05, 0) is 6.42 Å². The third kappa shape index (κ3) is 5.83. The monoisotopic (exact) mass is 282 g/mol. The van der Waals surface area contributed by atoms with Crippen molar-refractivity contribution in [1.29, 1.82) is 0 Å². The lowest BCUT2D eigenvalue weighted by atomic mass is 10.3. The van der Waals surface area contributed by atoms with Crippen LogP contribution < -0.4 is 10.6 Å². The van der Waals surface area contributed by atoms with Gasteiger partial charge >= 0.3 is 6.03 Å². The van der Waals surface area contributed by atoms with E-state index in [4.69, 9.17) is 0 Å². The summed E-state index contributed by atoms with van der Waals surface area (Å²) in [5.41, 5.74) is 0. The molecule has 0 saturated carbocycles. The minimum atomic E-state index is -0.518. The van der Waals surface area contributed by atoms with Gasteiger partial charge in [0.25, 0.3) is 0 Å². The van der Waals surface area contributed by atoms with Crippen molar-refractivity contribution in [3.05, 3.63) is 12.7 Å². The van der Waals surface area contributed by atoms with E-state index in [1.54, 1.807) is 11.8 Å². The predicted molar refractivity (Wildman–Crippen MR) is 75.0 cm³/mol. The molecule has 7 nitrogen and oxygen atoms in total. The molecular weight excluding hydrogens is 260 g/mol. The summed E-state index contributed by atoms with van der Waals surface area (Å²) in [7, 11) is 0. The lowest BCUT2D eigenvalue weighted by Gasteiger charge is -2.20. The molecule has 112 valence electrons. The molecular formula is C13H22N4O3. The average Bonchev–Trinajstić information content (AvgIpc) is 2.61. The lowest BCUT2D eigenvalue weighted by molar-refractivity contribution is -0.128. The number of hydrogen-bond donors (Lipinski definition) is 2. The smallest absolute Gasteiger partial charge is 0.321 e. The first-order valence-corrected chi connectivity index (χ1v) is 6.69. The molecule has 1 fully saturated rings. The molecule has 4 amide bonds. The van der Waals surface area contributed by atoms with Gasteiger partial charge in [-0.25, -0.2) is 4.79 Å². The number of amides is 4. The molecule has 0 aromatic heterocycles. The number of rotatable bonds is 4. The lowest BCUT2D eigenvalue weighted by Crippen LogP contribution is -2.45. The molecule has 0 aromatic rings. The third-order valence-electron chi connectivity index (χ3n) is 3.06. The highest BCUT2D eigenvalue weighted by Gasteiger charge is 2.18. The van der Waals surface area contributed by atoms with E-state index < -0.39 is 6.03 Å². The Morgan fingerprint density at radius 3 is 2.60 bits per heavy atom. The quantitative estimate of drug-likeness (QED) is 0.684. The Kier molecular flexibility index (Phi) is 6.72. The van der Waals surface area contributed by atoms with E-state index in [0.29, 0.717) is 26.2 Å². The second kappa shape index (κ2) is 8.31. The fourth-order valence-electron chi connectivity index (χ4n) is 2.02. The van der Waals surface area contributed by atoms with Crippen LogP contribution in [0.25, 0.3) is 0 Å². The number of carbonyl (C=O) groups is 3. The zero-order valence-electron chi connectivity index (χ0n) is 11.9. The van der Waals surface area contributed by atoms with Crippen molar-refractivity contribution in [2.24, 2.45) is 0 Å². The van der Waals surface area contributed by atoms with E-state index >= 15 is 0 Å². The maximum absolute atomic E-state index is 11.7. The highest BCUT2D eigenvalue weighted by Crippen LogP contribution is 2.02. The fourth-order valence-corrected chi connectivity index (χ4v) is 2.02. The average molecular weight is 282 g/mol. The van der Waals surface area contributed by atoms with E-state index in [0.717, 1.165) is 13.0 Å². The predicted octanol–water partition coefficient (Wildman–Crippen LogP) is -0.448. The molecule has 0 unspecified atom stereocenters.